The predicted molar refractivity (Wildman–Crippen MR) is 66.2 cm³/mol. The molecular formula is C10H11Br2NO. The van der Waals surface area contributed by atoms with Crippen LogP contribution < -0.4 is 5.73 Å². The molecule has 0 aliphatic carbocycles. The number of halogens is 2. The Morgan fingerprint density at radius 1 is 1.57 bits per heavy atom. The summed E-state index contributed by atoms with van der Waals surface area (Å²) in [6.07, 6.45) is 0. The van der Waals surface area contributed by atoms with Gasteiger partial charge in [0.2, 0.25) is 0 Å². The van der Waals surface area contributed by atoms with Crippen LogP contribution in [0.25, 0.3) is 0 Å². The summed E-state index contributed by atoms with van der Waals surface area (Å²) in [6, 6.07) is 5.39. The number of ketones is 1. The average molecular weight is 321 g/mol. The van der Waals surface area contributed by atoms with Crippen molar-refractivity contribution >= 4 is 43.3 Å². The Hall–Kier alpha value is -0.350. The van der Waals surface area contributed by atoms with Gasteiger partial charge in [0.1, 0.15) is 0 Å². The van der Waals surface area contributed by atoms with E-state index in [-0.39, 0.29) is 10.6 Å². The number of hydrogen-bond acceptors (Lipinski definition) is 2. The number of nitrogen functional groups attached to an aromatic ring is 1. The first kappa shape index (κ1) is 11.7. The zero-order valence-electron chi connectivity index (χ0n) is 7.76. The van der Waals surface area contributed by atoms with Gasteiger partial charge in [0, 0.05) is 16.6 Å². The monoisotopic (exact) mass is 319 g/mol. The van der Waals surface area contributed by atoms with E-state index in [9.17, 15) is 4.79 Å². The highest BCUT2D eigenvalue weighted by molar-refractivity contribution is 9.10. The van der Waals surface area contributed by atoms with E-state index in [0.717, 1.165) is 5.56 Å². The minimum atomic E-state index is -0.179. The molecule has 14 heavy (non-hydrogen) atoms. The van der Waals surface area contributed by atoms with Crippen molar-refractivity contribution in [3.63, 3.8) is 0 Å². The van der Waals surface area contributed by atoms with E-state index in [2.05, 4.69) is 31.9 Å². The summed E-state index contributed by atoms with van der Waals surface area (Å²) in [5, 5.41) is 0.598. The topological polar surface area (TPSA) is 43.1 Å². The first-order valence-electron chi connectivity index (χ1n) is 4.19. The maximum atomic E-state index is 11.8. The Balaban J connectivity index is 3.20. The standard InChI is InChI=1S/C10H11Br2NO/c1-6(12)10(14)7-3-2-4-9(13)8(7)5-11/h2-4,6H,5,13H2,1H3. The maximum Gasteiger partial charge on any atom is 0.176 e. The summed E-state index contributed by atoms with van der Waals surface area (Å²) in [6.45, 7) is 1.81. The molecule has 0 aliphatic heterocycles. The minimum Gasteiger partial charge on any atom is -0.398 e. The normalized spacial score (nSPS) is 12.5. The van der Waals surface area contributed by atoms with Crippen LogP contribution >= 0.6 is 31.9 Å². The molecule has 2 nitrogen and oxygen atoms in total. The Morgan fingerprint density at radius 3 is 2.71 bits per heavy atom. The smallest absolute Gasteiger partial charge is 0.176 e. The average Bonchev–Trinajstić information content (AvgIpc) is 2.16. The summed E-state index contributed by atoms with van der Waals surface area (Å²) < 4.78 is 0. The molecule has 2 N–H and O–H groups in total. The maximum absolute atomic E-state index is 11.8. The molecule has 76 valence electrons. The third kappa shape index (κ3) is 2.36. The van der Waals surface area contributed by atoms with Crippen molar-refractivity contribution in [2.24, 2.45) is 0 Å². The molecule has 1 aromatic rings. The molecule has 0 saturated carbocycles. The van der Waals surface area contributed by atoms with E-state index in [1.807, 2.05) is 6.92 Å². The number of Topliss-reactive ketones (excluding diaryl/α,β-unsaturated/α-hetero) is 1. The molecule has 0 amide bonds. The third-order valence-corrected chi connectivity index (χ3v) is 2.95. The number of carbonyl (C=O) groups excluding carboxylic acids is 1. The summed E-state index contributed by atoms with van der Waals surface area (Å²) in [5.74, 6) is 0.0618. The van der Waals surface area contributed by atoms with E-state index in [1.54, 1.807) is 18.2 Å². The van der Waals surface area contributed by atoms with Crippen LogP contribution in [0.3, 0.4) is 0 Å². The van der Waals surface area contributed by atoms with Gasteiger partial charge in [-0.05, 0) is 18.6 Å². The molecule has 0 heterocycles. The number of carbonyl (C=O) groups is 1. The van der Waals surface area contributed by atoms with Crippen molar-refractivity contribution in [1.29, 1.82) is 0 Å². The largest absolute Gasteiger partial charge is 0.398 e. The molecule has 0 aromatic heterocycles. The Bertz CT molecular complexity index is 350. The van der Waals surface area contributed by atoms with Gasteiger partial charge in [0.15, 0.2) is 5.78 Å². The van der Waals surface area contributed by atoms with Crippen LogP contribution in [0.4, 0.5) is 5.69 Å². The highest BCUT2D eigenvalue weighted by atomic mass is 79.9. The van der Waals surface area contributed by atoms with E-state index >= 15 is 0 Å². The number of nitrogens with two attached hydrogens (primary N) is 1. The van der Waals surface area contributed by atoms with Gasteiger partial charge in [0.25, 0.3) is 0 Å². The molecule has 0 fully saturated rings. The predicted octanol–water partition coefficient (Wildman–Crippen LogP) is 3.13. The molecule has 1 atom stereocenters. The Morgan fingerprint density at radius 2 is 2.21 bits per heavy atom. The van der Waals surface area contributed by atoms with Crippen molar-refractivity contribution in [3.05, 3.63) is 29.3 Å². The lowest BCUT2D eigenvalue weighted by Crippen LogP contribution is -2.13. The zero-order chi connectivity index (χ0) is 10.7. The van der Waals surface area contributed by atoms with Crippen LogP contribution in [0.1, 0.15) is 22.8 Å². The van der Waals surface area contributed by atoms with Crippen molar-refractivity contribution in [2.75, 3.05) is 5.73 Å². The quantitative estimate of drug-likeness (QED) is 0.528. The highest BCUT2D eigenvalue weighted by Crippen LogP contribution is 2.22. The number of alkyl halides is 2. The molecule has 0 radical (unpaired) electrons. The molecule has 0 spiro atoms. The second kappa shape index (κ2) is 4.94. The van der Waals surface area contributed by atoms with Gasteiger partial charge in [0.05, 0.1) is 4.83 Å². The Kier molecular flexibility index (Phi) is 4.13. The number of hydrogen-bond donors (Lipinski definition) is 1. The van der Waals surface area contributed by atoms with Gasteiger partial charge in [-0.15, -0.1) is 0 Å². The number of anilines is 1. The first-order valence-corrected chi connectivity index (χ1v) is 6.23. The van der Waals surface area contributed by atoms with Crippen molar-refractivity contribution < 1.29 is 4.79 Å². The van der Waals surface area contributed by atoms with Gasteiger partial charge in [-0.25, -0.2) is 0 Å². The van der Waals surface area contributed by atoms with Gasteiger partial charge < -0.3 is 5.73 Å². The van der Waals surface area contributed by atoms with Gasteiger partial charge in [-0.2, -0.15) is 0 Å². The molecule has 0 aliphatic rings. The lowest BCUT2D eigenvalue weighted by Gasteiger charge is -2.09. The van der Waals surface area contributed by atoms with Crippen molar-refractivity contribution in [2.45, 2.75) is 17.1 Å². The SMILES string of the molecule is CC(Br)C(=O)c1cccc(N)c1CBr. The summed E-state index contributed by atoms with van der Waals surface area (Å²) in [5.41, 5.74) is 7.98. The first-order chi connectivity index (χ1) is 6.57. The Labute approximate surface area is 100 Å². The fourth-order valence-corrected chi connectivity index (χ4v) is 2.07. The number of benzene rings is 1. The second-order valence-electron chi connectivity index (χ2n) is 2.99. The van der Waals surface area contributed by atoms with E-state index in [4.69, 9.17) is 5.73 Å². The summed E-state index contributed by atoms with van der Waals surface area (Å²) >= 11 is 6.59. The van der Waals surface area contributed by atoms with E-state index in [1.165, 1.54) is 0 Å². The van der Waals surface area contributed by atoms with Crippen molar-refractivity contribution in [1.82, 2.24) is 0 Å². The van der Waals surface area contributed by atoms with E-state index < -0.39 is 0 Å². The highest BCUT2D eigenvalue weighted by Gasteiger charge is 2.16. The number of rotatable bonds is 3. The lowest BCUT2D eigenvalue weighted by atomic mass is 10.0. The fourth-order valence-electron chi connectivity index (χ4n) is 1.20. The molecule has 1 unspecified atom stereocenters. The molecular weight excluding hydrogens is 310 g/mol. The summed E-state index contributed by atoms with van der Waals surface area (Å²) in [7, 11) is 0. The van der Waals surface area contributed by atoms with Crippen LogP contribution in [0.15, 0.2) is 18.2 Å². The molecule has 4 heteroatoms. The molecule has 1 aromatic carbocycles. The van der Waals surface area contributed by atoms with Crippen LogP contribution in [-0.4, -0.2) is 10.6 Å². The fraction of sp³-hybridized carbons (Fsp3) is 0.300. The third-order valence-electron chi connectivity index (χ3n) is 1.97. The van der Waals surface area contributed by atoms with Crippen LogP contribution in [0, 0.1) is 0 Å². The second-order valence-corrected chi connectivity index (χ2v) is 4.92. The van der Waals surface area contributed by atoms with Gasteiger partial charge in [-0.3, -0.25) is 4.79 Å². The van der Waals surface area contributed by atoms with Gasteiger partial charge in [-0.1, -0.05) is 44.0 Å². The van der Waals surface area contributed by atoms with Crippen LogP contribution in [0.5, 0.6) is 0 Å². The molecule has 0 bridgehead atoms. The van der Waals surface area contributed by atoms with E-state index in [0.29, 0.717) is 16.6 Å². The van der Waals surface area contributed by atoms with Crippen molar-refractivity contribution in [3.8, 4) is 0 Å². The van der Waals surface area contributed by atoms with Crippen LogP contribution in [-0.2, 0) is 5.33 Å². The summed E-state index contributed by atoms with van der Waals surface area (Å²) in [4.78, 5) is 11.6. The van der Waals surface area contributed by atoms with Crippen LogP contribution in [0.2, 0.25) is 0 Å². The lowest BCUT2D eigenvalue weighted by molar-refractivity contribution is 0.0995. The molecule has 0 saturated heterocycles. The molecule has 1 rings (SSSR count). The zero-order valence-corrected chi connectivity index (χ0v) is 10.9. The van der Waals surface area contributed by atoms with Gasteiger partial charge >= 0.3 is 0 Å². The minimum absolute atomic E-state index is 0.0618.